The number of imidazole rings is 1. The molecule has 2 N–H and O–H groups in total. The lowest BCUT2D eigenvalue weighted by atomic mass is 10.2. The first-order valence-corrected chi connectivity index (χ1v) is 6.43. The number of carboxylic acid groups (broad SMARTS) is 1. The normalized spacial score (nSPS) is 10.9. The molecule has 0 aliphatic carbocycles. The Morgan fingerprint density at radius 2 is 2.05 bits per heavy atom. The lowest BCUT2D eigenvalue weighted by Crippen LogP contribution is -2.18. The van der Waals surface area contributed by atoms with Crippen LogP contribution in [0.1, 0.15) is 21.7 Å². The molecule has 0 amide bonds. The Balaban J connectivity index is 2.15. The average Bonchev–Trinajstić information content (AvgIpc) is 2.75. The summed E-state index contributed by atoms with van der Waals surface area (Å²) in [5, 5.41) is 9.17. The van der Waals surface area contributed by atoms with Gasteiger partial charge in [0.15, 0.2) is 0 Å². The second kappa shape index (κ2) is 4.90. The summed E-state index contributed by atoms with van der Waals surface area (Å²) in [5.74, 6) is -1.07. The maximum Gasteiger partial charge on any atom is 0.337 e. The van der Waals surface area contributed by atoms with E-state index in [2.05, 4.69) is 9.97 Å². The average molecular weight is 283 g/mol. The molecule has 0 saturated heterocycles. The smallest absolute Gasteiger partial charge is 0.337 e. The molecular formula is C15H13N3O3. The third kappa shape index (κ3) is 2.31. The highest BCUT2D eigenvalue weighted by Crippen LogP contribution is 2.16. The Kier molecular flexibility index (Phi) is 3.06. The van der Waals surface area contributed by atoms with Crippen molar-refractivity contribution < 1.29 is 9.90 Å². The fourth-order valence-corrected chi connectivity index (χ4v) is 2.36. The fraction of sp³-hybridized carbons (Fsp3) is 0.133. The Morgan fingerprint density at radius 3 is 2.76 bits per heavy atom. The summed E-state index contributed by atoms with van der Waals surface area (Å²) in [6.07, 6.45) is 0. The van der Waals surface area contributed by atoms with Crippen LogP contribution in [-0.2, 0) is 6.54 Å². The molecule has 0 bridgehead atoms. The summed E-state index contributed by atoms with van der Waals surface area (Å²) in [4.78, 5) is 30.3. The number of aromatic amines is 1. The maximum absolute atomic E-state index is 12.1. The van der Waals surface area contributed by atoms with E-state index in [1.807, 2.05) is 25.1 Å². The Hall–Kier alpha value is -2.89. The summed E-state index contributed by atoms with van der Waals surface area (Å²) in [6, 6.07) is 10.4. The SMILES string of the molecule is Cc1cccc(Cn2c(=O)[nH]c3c(C(=O)O)cccc32)n1. The van der Waals surface area contributed by atoms with Gasteiger partial charge in [-0.3, -0.25) is 9.55 Å². The molecular weight excluding hydrogens is 270 g/mol. The van der Waals surface area contributed by atoms with Gasteiger partial charge >= 0.3 is 11.7 Å². The number of benzene rings is 1. The third-order valence-corrected chi connectivity index (χ3v) is 3.31. The number of carbonyl (C=O) groups is 1. The molecule has 6 nitrogen and oxygen atoms in total. The summed E-state index contributed by atoms with van der Waals surface area (Å²) < 4.78 is 1.49. The van der Waals surface area contributed by atoms with Crippen LogP contribution in [0.4, 0.5) is 0 Å². The Bertz CT molecular complexity index is 893. The van der Waals surface area contributed by atoms with E-state index >= 15 is 0 Å². The number of fused-ring (bicyclic) bond motifs is 1. The zero-order chi connectivity index (χ0) is 15.0. The van der Waals surface area contributed by atoms with Crippen molar-refractivity contribution in [1.29, 1.82) is 0 Å². The number of aryl methyl sites for hydroxylation is 1. The molecule has 0 spiro atoms. The minimum atomic E-state index is -1.07. The summed E-state index contributed by atoms with van der Waals surface area (Å²) in [6.45, 7) is 2.17. The van der Waals surface area contributed by atoms with E-state index in [1.54, 1.807) is 12.1 Å². The van der Waals surface area contributed by atoms with Gasteiger partial charge in [0.25, 0.3) is 0 Å². The third-order valence-electron chi connectivity index (χ3n) is 3.31. The van der Waals surface area contributed by atoms with E-state index < -0.39 is 5.97 Å². The van der Waals surface area contributed by atoms with Gasteiger partial charge in [0.2, 0.25) is 0 Å². The van der Waals surface area contributed by atoms with Gasteiger partial charge in [-0.1, -0.05) is 12.1 Å². The van der Waals surface area contributed by atoms with Crippen LogP contribution < -0.4 is 5.69 Å². The number of hydrogen-bond acceptors (Lipinski definition) is 3. The van der Waals surface area contributed by atoms with Crippen molar-refractivity contribution in [2.45, 2.75) is 13.5 Å². The molecule has 0 saturated carbocycles. The molecule has 2 aromatic heterocycles. The van der Waals surface area contributed by atoms with Crippen molar-refractivity contribution in [2.24, 2.45) is 0 Å². The fourth-order valence-electron chi connectivity index (χ4n) is 2.36. The van der Waals surface area contributed by atoms with Crippen molar-refractivity contribution >= 4 is 17.0 Å². The van der Waals surface area contributed by atoms with Crippen LogP contribution in [0.25, 0.3) is 11.0 Å². The Morgan fingerprint density at radius 1 is 1.29 bits per heavy atom. The predicted molar refractivity (Wildman–Crippen MR) is 77.6 cm³/mol. The van der Waals surface area contributed by atoms with Crippen LogP contribution in [0.5, 0.6) is 0 Å². The zero-order valence-corrected chi connectivity index (χ0v) is 11.3. The molecule has 2 heterocycles. The van der Waals surface area contributed by atoms with Crippen LogP contribution >= 0.6 is 0 Å². The number of nitrogens with zero attached hydrogens (tertiary/aromatic N) is 2. The number of aromatic nitrogens is 3. The number of H-pyrrole nitrogens is 1. The molecule has 1 aromatic carbocycles. The van der Waals surface area contributed by atoms with Gasteiger partial charge in [-0.05, 0) is 31.2 Å². The number of nitrogens with one attached hydrogen (secondary N) is 1. The van der Waals surface area contributed by atoms with Gasteiger partial charge in [-0.2, -0.15) is 0 Å². The molecule has 0 fully saturated rings. The second-order valence-corrected chi connectivity index (χ2v) is 4.79. The molecule has 0 aliphatic heterocycles. The first kappa shape index (κ1) is 13.1. The molecule has 3 aromatic rings. The lowest BCUT2D eigenvalue weighted by Gasteiger charge is -2.04. The Labute approximate surface area is 119 Å². The van der Waals surface area contributed by atoms with E-state index in [0.717, 1.165) is 11.4 Å². The van der Waals surface area contributed by atoms with Crippen molar-refractivity contribution in [3.63, 3.8) is 0 Å². The van der Waals surface area contributed by atoms with E-state index in [0.29, 0.717) is 17.6 Å². The first-order chi connectivity index (χ1) is 10.1. The van der Waals surface area contributed by atoms with Crippen LogP contribution in [-0.4, -0.2) is 25.6 Å². The molecule has 0 aliphatic rings. The highest BCUT2D eigenvalue weighted by molar-refractivity contribution is 6.00. The number of hydrogen-bond donors (Lipinski definition) is 2. The van der Waals surface area contributed by atoms with Crippen molar-refractivity contribution in [1.82, 2.24) is 14.5 Å². The molecule has 0 radical (unpaired) electrons. The highest BCUT2D eigenvalue weighted by atomic mass is 16.4. The van der Waals surface area contributed by atoms with Gasteiger partial charge in [-0.15, -0.1) is 0 Å². The number of pyridine rings is 1. The van der Waals surface area contributed by atoms with Gasteiger partial charge in [0.1, 0.15) is 0 Å². The zero-order valence-electron chi connectivity index (χ0n) is 11.3. The predicted octanol–water partition coefficient (Wildman–Crippen LogP) is 1.78. The molecule has 6 heteroatoms. The minimum absolute atomic E-state index is 0.0838. The number of carboxylic acids is 1. The van der Waals surface area contributed by atoms with Crippen LogP contribution in [0.3, 0.4) is 0 Å². The number of para-hydroxylation sites is 1. The molecule has 106 valence electrons. The van der Waals surface area contributed by atoms with Crippen LogP contribution in [0.2, 0.25) is 0 Å². The van der Waals surface area contributed by atoms with Crippen molar-refractivity contribution in [2.75, 3.05) is 0 Å². The van der Waals surface area contributed by atoms with E-state index in [9.17, 15) is 9.59 Å². The monoisotopic (exact) mass is 283 g/mol. The standard InChI is InChI=1S/C15H13N3O3/c1-9-4-2-5-10(16-9)8-18-12-7-3-6-11(14(19)20)13(12)17-15(18)21/h2-7H,8H2,1H3,(H,17,21)(H,19,20). The summed E-state index contributed by atoms with van der Waals surface area (Å²) in [5.41, 5.74) is 2.25. The van der Waals surface area contributed by atoms with Gasteiger partial charge in [0.05, 0.1) is 28.8 Å². The summed E-state index contributed by atoms with van der Waals surface area (Å²) in [7, 11) is 0. The van der Waals surface area contributed by atoms with Crippen LogP contribution in [0.15, 0.2) is 41.2 Å². The van der Waals surface area contributed by atoms with E-state index in [-0.39, 0.29) is 11.3 Å². The quantitative estimate of drug-likeness (QED) is 0.767. The van der Waals surface area contributed by atoms with Crippen molar-refractivity contribution in [3.8, 4) is 0 Å². The van der Waals surface area contributed by atoms with E-state index in [1.165, 1.54) is 10.6 Å². The second-order valence-electron chi connectivity index (χ2n) is 4.79. The maximum atomic E-state index is 12.1. The summed E-state index contributed by atoms with van der Waals surface area (Å²) >= 11 is 0. The number of aromatic carboxylic acids is 1. The largest absolute Gasteiger partial charge is 0.478 e. The van der Waals surface area contributed by atoms with E-state index in [4.69, 9.17) is 5.11 Å². The van der Waals surface area contributed by atoms with Crippen molar-refractivity contribution in [3.05, 3.63) is 63.8 Å². The highest BCUT2D eigenvalue weighted by Gasteiger charge is 2.14. The molecule has 0 unspecified atom stereocenters. The topological polar surface area (TPSA) is 88.0 Å². The van der Waals surface area contributed by atoms with Gasteiger partial charge in [-0.25, -0.2) is 9.59 Å². The number of rotatable bonds is 3. The minimum Gasteiger partial charge on any atom is -0.478 e. The molecule has 0 atom stereocenters. The first-order valence-electron chi connectivity index (χ1n) is 6.43. The van der Waals surface area contributed by atoms with Gasteiger partial charge < -0.3 is 10.1 Å². The molecule has 21 heavy (non-hydrogen) atoms. The molecule has 3 rings (SSSR count). The van der Waals surface area contributed by atoms with Crippen LogP contribution in [0, 0.1) is 6.92 Å². The van der Waals surface area contributed by atoms with Gasteiger partial charge in [0, 0.05) is 5.69 Å². The lowest BCUT2D eigenvalue weighted by molar-refractivity contribution is 0.0699.